The molecule has 1 heteroatoms. The molecule has 0 amide bonds. The van der Waals surface area contributed by atoms with Crippen LogP contribution in [0, 0.1) is 5.41 Å². The average Bonchev–Trinajstić information content (AvgIpc) is 2.34. The molecule has 0 saturated carbocycles. The SMILES string of the molecule is COc1cc(C(C)(C)CCC(C)(C)C)ccc1C(C)(C)C. The molecule has 1 aromatic rings. The van der Waals surface area contributed by atoms with Crippen molar-refractivity contribution in [1.82, 2.24) is 0 Å². The van der Waals surface area contributed by atoms with Gasteiger partial charge in [0.25, 0.3) is 0 Å². The van der Waals surface area contributed by atoms with E-state index in [1.54, 1.807) is 7.11 Å². The lowest BCUT2D eigenvalue weighted by atomic mass is 9.75. The second-order valence-corrected chi connectivity index (χ2v) is 9.11. The standard InChI is InChI=1S/C20H34O/c1-18(2,3)12-13-20(7,8)15-10-11-16(19(4,5)6)17(14-15)21-9/h10-11,14H,12-13H2,1-9H3. The maximum Gasteiger partial charge on any atom is 0.122 e. The summed E-state index contributed by atoms with van der Waals surface area (Å²) in [6.45, 7) is 18.3. The fraction of sp³-hybridized carbons (Fsp3) is 0.700. The maximum absolute atomic E-state index is 5.65. The molecule has 0 aliphatic rings. The zero-order valence-corrected chi connectivity index (χ0v) is 15.6. The van der Waals surface area contributed by atoms with Gasteiger partial charge in [0.1, 0.15) is 5.75 Å². The summed E-state index contributed by atoms with van der Waals surface area (Å²) in [7, 11) is 1.77. The van der Waals surface area contributed by atoms with E-state index >= 15 is 0 Å². The van der Waals surface area contributed by atoms with E-state index in [0.29, 0.717) is 5.41 Å². The van der Waals surface area contributed by atoms with Crippen LogP contribution >= 0.6 is 0 Å². The summed E-state index contributed by atoms with van der Waals surface area (Å²) in [6, 6.07) is 6.77. The normalized spacial score (nSPS) is 13.4. The predicted octanol–water partition coefficient (Wildman–Crippen LogP) is 6.10. The van der Waals surface area contributed by atoms with Crippen molar-refractivity contribution >= 4 is 0 Å². The minimum atomic E-state index is 0.111. The molecule has 120 valence electrons. The van der Waals surface area contributed by atoms with Crippen LogP contribution in [0.2, 0.25) is 0 Å². The van der Waals surface area contributed by atoms with Gasteiger partial charge in [-0.1, -0.05) is 67.5 Å². The molecule has 0 spiro atoms. The highest BCUT2D eigenvalue weighted by atomic mass is 16.5. The van der Waals surface area contributed by atoms with Gasteiger partial charge in [0.15, 0.2) is 0 Å². The average molecular weight is 290 g/mol. The van der Waals surface area contributed by atoms with Crippen LogP contribution in [0.4, 0.5) is 0 Å². The number of rotatable bonds is 4. The molecule has 1 nitrogen and oxygen atoms in total. The van der Waals surface area contributed by atoms with Gasteiger partial charge in [-0.2, -0.15) is 0 Å². The Hall–Kier alpha value is -0.980. The molecule has 0 saturated heterocycles. The van der Waals surface area contributed by atoms with Crippen molar-refractivity contribution in [3.63, 3.8) is 0 Å². The van der Waals surface area contributed by atoms with Crippen LogP contribution in [-0.4, -0.2) is 7.11 Å². The third-order valence-corrected chi connectivity index (χ3v) is 4.29. The summed E-state index contributed by atoms with van der Waals surface area (Å²) < 4.78 is 5.65. The summed E-state index contributed by atoms with van der Waals surface area (Å²) in [5.74, 6) is 1.02. The van der Waals surface area contributed by atoms with Crippen LogP contribution in [0.3, 0.4) is 0 Å². The van der Waals surface area contributed by atoms with Crippen molar-refractivity contribution in [3.05, 3.63) is 29.3 Å². The molecule has 0 fully saturated rings. The third kappa shape index (κ3) is 5.05. The first-order valence-electron chi connectivity index (χ1n) is 8.06. The smallest absolute Gasteiger partial charge is 0.122 e. The first-order chi connectivity index (χ1) is 9.37. The first kappa shape index (κ1) is 18.1. The molecule has 0 aliphatic heterocycles. The minimum absolute atomic E-state index is 0.111. The lowest BCUT2D eigenvalue weighted by Gasteiger charge is -2.31. The van der Waals surface area contributed by atoms with E-state index < -0.39 is 0 Å². The van der Waals surface area contributed by atoms with E-state index in [4.69, 9.17) is 4.74 Å². The molecule has 0 heterocycles. The van der Waals surface area contributed by atoms with E-state index in [0.717, 1.165) is 5.75 Å². The first-order valence-corrected chi connectivity index (χ1v) is 8.06. The topological polar surface area (TPSA) is 9.23 Å². The Morgan fingerprint density at radius 3 is 1.86 bits per heavy atom. The van der Waals surface area contributed by atoms with Gasteiger partial charge in [0.2, 0.25) is 0 Å². The van der Waals surface area contributed by atoms with Crippen molar-refractivity contribution in [2.45, 2.75) is 79.1 Å². The lowest BCUT2D eigenvalue weighted by molar-refractivity contribution is 0.314. The summed E-state index contributed by atoms with van der Waals surface area (Å²) in [4.78, 5) is 0. The van der Waals surface area contributed by atoms with Gasteiger partial charge in [-0.05, 0) is 46.3 Å². The number of hydrogen-bond acceptors (Lipinski definition) is 1. The van der Waals surface area contributed by atoms with Gasteiger partial charge >= 0.3 is 0 Å². The molecule has 1 aromatic carbocycles. The van der Waals surface area contributed by atoms with Gasteiger partial charge in [-0.15, -0.1) is 0 Å². The molecular formula is C20H34O. The monoisotopic (exact) mass is 290 g/mol. The number of ether oxygens (including phenoxy) is 1. The van der Waals surface area contributed by atoms with Crippen molar-refractivity contribution in [2.75, 3.05) is 7.11 Å². The number of hydrogen-bond donors (Lipinski definition) is 0. The zero-order chi connectivity index (χ0) is 16.5. The molecule has 0 N–H and O–H groups in total. The summed E-state index contributed by atoms with van der Waals surface area (Å²) in [5.41, 5.74) is 3.32. The zero-order valence-electron chi connectivity index (χ0n) is 15.6. The van der Waals surface area contributed by atoms with Crippen molar-refractivity contribution < 1.29 is 4.74 Å². The second kappa shape index (κ2) is 6.02. The van der Waals surface area contributed by atoms with Gasteiger partial charge in [-0.3, -0.25) is 0 Å². The second-order valence-electron chi connectivity index (χ2n) is 9.11. The van der Waals surface area contributed by atoms with E-state index in [1.807, 2.05) is 0 Å². The Morgan fingerprint density at radius 2 is 1.43 bits per heavy atom. The molecule has 1 rings (SSSR count). The van der Waals surface area contributed by atoms with Gasteiger partial charge in [0, 0.05) is 0 Å². The minimum Gasteiger partial charge on any atom is -0.496 e. The predicted molar refractivity (Wildman–Crippen MR) is 93.4 cm³/mol. The number of methoxy groups -OCH3 is 1. The van der Waals surface area contributed by atoms with Crippen LogP contribution in [0.1, 0.15) is 79.4 Å². The van der Waals surface area contributed by atoms with Gasteiger partial charge < -0.3 is 4.74 Å². The third-order valence-electron chi connectivity index (χ3n) is 4.29. The highest BCUT2D eigenvalue weighted by Gasteiger charge is 2.26. The fourth-order valence-corrected chi connectivity index (χ4v) is 2.56. The summed E-state index contributed by atoms with van der Waals surface area (Å²) in [5, 5.41) is 0. The van der Waals surface area contributed by atoms with Crippen LogP contribution in [-0.2, 0) is 10.8 Å². The van der Waals surface area contributed by atoms with Crippen molar-refractivity contribution in [1.29, 1.82) is 0 Å². The Labute approximate surface area is 132 Å². The van der Waals surface area contributed by atoms with E-state index in [1.165, 1.54) is 24.0 Å². The van der Waals surface area contributed by atoms with Crippen molar-refractivity contribution in [2.24, 2.45) is 5.41 Å². The number of benzene rings is 1. The van der Waals surface area contributed by atoms with E-state index in [-0.39, 0.29) is 10.8 Å². The molecule has 21 heavy (non-hydrogen) atoms. The summed E-state index contributed by atoms with van der Waals surface area (Å²) >= 11 is 0. The maximum atomic E-state index is 5.65. The molecule has 0 aliphatic carbocycles. The Kier molecular flexibility index (Phi) is 5.18. The van der Waals surface area contributed by atoms with Crippen LogP contribution in [0.15, 0.2) is 18.2 Å². The Morgan fingerprint density at radius 1 is 0.857 bits per heavy atom. The Bertz CT molecular complexity index is 470. The van der Waals surface area contributed by atoms with Crippen LogP contribution in [0.25, 0.3) is 0 Å². The lowest BCUT2D eigenvalue weighted by Crippen LogP contribution is -2.21. The van der Waals surface area contributed by atoms with Crippen LogP contribution < -0.4 is 4.74 Å². The molecule has 0 unspecified atom stereocenters. The molecule has 0 aromatic heterocycles. The quantitative estimate of drug-likeness (QED) is 0.651. The highest BCUT2D eigenvalue weighted by Crippen LogP contribution is 2.38. The molecule has 0 atom stereocenters. The highest BCUT2D eigenvalue weighted by molar-refractivity contribution is 5.43. The summed E-state index contributed by atoms with van der Waals surface area (Å²) in [6.07, 6.45) is 2.41. The van der Waals surface area contributed by atoms with Crippen LogP contribution in [0.5, 0.6) is 5.75 Å². The fourth-order valence-electron chi connectivity index (χ4n) is 2.56. The molecule has 0 radical (unpaired) electrons. The van der Waals surface area contributed by atoms with E-state index in [2.05, 4.69) is 73.6 Å². The van der Waals surface area contributed by atoms with Gasteiger partial charge in [0.05, 0.1) is 7.11 Å². The molecular weight excluding hydrogens is 256 g/mol. The molecule has 0 bridgehead atoms. The van der Waals surface area contributed by atoms with E-state index in [9.17, 15) is 0 Å². The van der Waals surface area contributed by atoms with Gasteiger partial charge in [-0.25, -0.2) is 0 Å². The Balaban J connectivity index is 3.09. The largest absolute Gasteiger partial charge is 0.496 e. The van der Waals surface area contributed by atoms with Crippen molar-refractivity contribution in [3.8, 4) is 5.75 Å².